The lowest BCUT2D eigenvalue weighted by molar-refractivity contribution is -0.144. The second-order valence-corrected chi connectivity index (χ2v) is 11.4. The number of carboxylic acids is 1. The number of carboxylic acid groups (broad SMARTS) is 1. The molecule has 3 aromatic rings. The van der Waals surface area contributed by atoms with E-state index in [4.69, 9.17) is 0 Å². The van der Waals surface area contributed by atoms with E-state index in [0.29, 0.717) is 23.4 Å². The van der Waals surface area contributed by atoms with Gasteiger partial charge in [-0.1, -0.05) is 95.7 Å². The van der Waals surface area contributed by atoms with Crippen molar-refractivity contribution < 1.29 is 19.5 Å². The van der Waals surface area contributed by atoms with Crippen LogP contribution >= 0.6 is 0 Å². The summed E-state index contributed by atoms with van der Waals surface area (Å²) in [6, 6.07) is 20.2. The number of fused-ring (bicyclic) bond motifs is 1. The number of amides is 2. The van der Waals surface area contributed by atoms with Crippen molar-refractivity contribution in [2.45, 2.75) is 84.7 Å². The van der Waals surface area contributed by atoms with Crippen LogP contribution in [0.2, 0.25) is 0 Å². The van der Waals surface area contributed by atoms with Gasteiger partial charge in [0.15, 0.2) is 0 Å². The first-order chi connectivity index (χ1) is 19.8. The van der Waals surface area contributed by atoms with E-state index in [1.54, 1.807) is 0 Å². The third kappa shape index (κ3) is 7.63. The Hall–Kier alpha value is -3.93. The fraction of sp³-hybridized carbons (Fsp3) is 0.400. The van der Waals surface area contributed by atoms with Crippen LogP contribution in [0, 0.1) is 5.92 Å². The maximum atomic E-state index is 13.1. The largest absolute Gasteiger partial charge is 0.480 e. The minimum atomic E-state index is -0.988. The minimum absolute atomic E-state index is 0.151. The van der Waals surface area contributed by atoms with Crippen molar-refractivity contribution in [3.8, 4) is 11.1 Å². The summed E-state index contributed by atoms with van der Waals surface area (Å²) in [5, 5.41) is 12.6. The number of rotatable bonds is 14. The maximum absolute atomic E-state index is 13.1. The quantitative estimate of drug-likeness (QED) is 0.198. The van der Waals surface area contributed by atoms with Crippen LogP contribution in [0.3, 0.4) is 0 Å². The summed E-state index contributed by atoms with van der Waals surface area (Å²) < 4.78 is 0. The van der Waals surface area contributed by atoms with E-state index >= 15 is 0 Å². The number of carbonyl (C=O) groups is 3. The number of nitrogens with one attached hydrogen (secondary N) is 1. The van der Waals surface area contributed by atoms with Gasteiger partial charge >= 0.3 is 5.97 Å². The monoisotopic (exact) mass is 554 g/mol. The van der Waals surface area contributed by atoms with Gasteiger partial charge in [0.2, 0.25) is 0 Å². The molecule has 1 aliphatic heterocycles. The maximum Gasteiger partial charge on any atom is 0.326 e. The molecular weight excluding hydrogens is 512 g/mol. The molecule has 4 rings (SSSR count). The molecule has 0 radical (unpaired) electrons. The Morgan fingerprint density at radius 2 is 1.49 bits per heavy atom. The normalized spacial score (nSPS) is 13.4. The fourth-order valence-corrected chi connectivity index (χ4v) is 5.56. The van der Waals surface area contributed by atoms with Crippen molar-refractivity contribution in [3.63, 3.8) is 0 Å². The molecule has 6 heteroatoms. The first-order valence-electron chi connectivity index (χ1n) is 15.0. The van der Waals surface area contributed by atoms with Crippen molar-refractivity contribution in [2.75, 3.05) is 5.32 Å². The molecule has 2 N–H and O–H groups in total. The number of hydrogen-bond donors (Lipinski definition) is 2. The van der Waals surface area contributed by atoms with E-state index < -0.39 is 12.0 Å². The Morgan fingerprint density at radius 1 is 0.854 bits per heavy atom. The van der Waals surface area contributed by atoms with E-state index in [1.165, 1.54) is 55.4 Å². The Balaban J connectivity index is 1.32. The summed E-state index contributed by atoms with van der Waals surface area (Å²) in [6.07, 6.45) is 10.1. The smallest absolute Gasteiger partial charge is 0.326 e. The Bertz CT molecular complexity index is 1350. The van der Waals surface area contributed by atoms with Crippen molar-refractivity contribution in [1.29, 1.82) is 0 Å². The topological polar surface area (TPSA) is 86.7 Å². The van der Waals surface area contributed by atoms with Crippen molar-refractivity contribution in [3.05, 3.63) is 89.0 Å². The molecule has 216 valence electrons. The van der Waals surface area contributed by atoms with Crippen LogP contribution in [0.25, 0.3) is 11.1 Å². The minimum Gasteiger partial charge on any atom is -0.480 e. The van der Waals surface area contributed by atoms with Crippen molar-refractivity contribution in [1.82, 2.24) is 4.90 Å². The molecule has 0 spiro atoms. The number of unbranched alkanes of at least 4 members (excludes halogenated alkanes) is 6. The number of aliphatic carboxylic acids is 1. The number of nitrogens with zero attached hydrogens (tertiary/aromatic N) is 1. The SMILES string of the molecule is CCCCCCCCCc1ccc(C(=O)Nc2ccc(-c3ccc4c(c3)C(=O)N([C@H](C(=O)O)C(C)C)C4)cc2)cc1. The molecule has 0 saturated carbocycles. The standard InChI is InChI=1S/C35H42N2O4/c1-4-5-6-7-8-9-10-11-25-12-14-27(15-13-25)33(38)36-30-20-18-26(19-21-30)28-16-17-29-23-37(34(39)31(29)22-28)32(24(2)3)35(40)41/h12-22,24,32H,4-11,23H2,1-3H3,(H,36,38)(H,40,41)/t32-/m0/s1. The Morgan fingerprint density at radius 3 is 2.12 bits per heavy atom. The molecule has 0 unspecified atom stereocenters. The zero-order valence-electron chi connectivity index (χ0n) is 24.5. The predicted octanol–water partition coefficient (Wildman–Crippen LogP) is 7.96. The van der Waals surface area contributed by atoms with Crippen LogP contribution in [0.5, 0.6) is 0 Å². The summed E-state index contributed by atoms with van der Waals surface area (Å²) in [4.78, 5) is 39.1. The van der Waals surface area contributed by atoms with Gasteiger partial charge in [-0.3, -0.25) is 9.59 Å². The highest BCUT2D eigenvalue weighted by Gasteiger charge is 2.38. The highest BCUT2D eigenvalue weighted by molar-refractivity contribution is 6.04. The second-order valence-electron chi connectivity index (χ2n) is 11.4. The van der Waals surface area contributed by atoms with Gasteiger partial charge in [-0.05, 0) is 71.3 Å². The molecule has 0 aliphatic carbocycles. The lowest BCUT2D eigenvalue weighted by Crippen LogP contribution is -2.44. The number of hydrogen-bond acceptors (Lipinski definition) is 3. The van der Waals surface area contributed by atoms with Gasteiger partial charge in [0.1, 0.15) is 6.04 Å². The predicted molar refractivity (Wildman–Crippen MR) is 164 cm³/mol. The summed E-state index contributed by atoms with van der Waals surface area (Å²) >= 11 is 0. The van der Waals surface area contributed by atoms with Crippen molar-refractivity contribution >= 4 is 23.5 Å². The zero-order chi connectivity index (χ0) is 29.4. The Kier molecular flexibility index (Phi) is 10.3. The number of anilines is 1. The number of carbonyl (C=O) groups excluding carboxylic acids is 2. The summed E-state index contributed by atoms with van der Waals surface area (Å²) in [5.41, 5.74) is 5.73. The molecule has 6 nitrogen and oxygen atoms in total. The molecule has 1 aliphatic rings. The van der Waals surface area contributed by atoms with Crippen LogP contribution < -0.4 is 5.32 Å². The molecule has 1 atom stereocenters. The van der Waals surface area contributed by atoms with Gasteiger partial charge in [0.05, 0.1) is 0 Å². The van der Waals surface area contributed by atoms with Gasteiger partial charge < -0.3 is 15.3 Å². The second kappa shape index (κ2) is 14.1. The fourth-order valence-electron chi connectivity index (χ4n) is 5.56. The Labute approximate surface area is 243 Å². The average molecular weight is 555 g/mol. The molecule has 0 fully saturated rings. The summed E-state index contributed by atoms with van der Waals surface area (Å²) in [7, 11) is 0. The molecule has 0 saturated heterocycles. The lowest BCUT2D eigenvalue weighted by Gasteiger charge is -2.27. The lowest BCUT2D eigenvalue weighted by atomic mass is 10.00. The van der Waals surface area contributed by atoms with E-state index in [9.17, 15) is 19.5 Å². The van der Waals surface area contributed by atoms with Crippen LogP contribution in [-0.2, 0) is 17.8 Å². The van der Waals surface area contributed by atoms with Gasteiger partial charge in [-0.25, -0.2) is 4.79 Å². The number of benzene rings is 3. The molecule has 41 heavy (non-hydrogen) atoms. The first-order valence-corrected chi connectivity index (χ1v) is 15.0. The van der Waals surface area contributed by atoms with Gasteiger partial charge in [-0.2, -0.15) is 0 Å². The van der Waals surface area contributed by atoms with Crippen LogP contribution in [0.15, 0.2) is 66.7 Å². The highest BCUT2D eigenvalue weighted by atomic mass is 16.4. The molecule has 2 amide bonds. The molecule has 0 aromatic heterocycles. The molecule has 1 heterocycles. The van der Waals surface area contributed by atoms with Crippen LogP contribution in [0.4, 0.5) is 5.69 Å². The highest BCUT2D eigenvalue weighted by Crippen LogP contribution is 2.31. The first kappa shape index (κ1) is 30.0. The average Bonchev–Trinajstić information content (AvgIpc) is 3.27. The summed E-state index contributed by atoms with van der Waals surface area (Å²) in [5.74, 6) is -1.58. The molecule has 0 bridgehead atoms. The van der Waals surface area contributed by atoms with E-state index in [0.717, 1.165) is 23.1 Å². The number of aryl methyl sites for hydroxylation is 1. The molecular formula is C35H42N2O4. The van der Waals surface area contributed by atoms with Crippen LogP contribution in [0.1, 0.15) is 97.6 Å². The van der Waals surface area contributed by atoms with E-state index in [2.05, 4.69) is 12.2 Å². The van der Waals surface area contributed by atoms with Crippen LogP contribution in [-0.4, -0.2) is 33.8 Å². The zero-order valence-corrected chi connectivity index (χ0v) is 24.5. The van der Waals surface area contributed by atoms with Crippen molar-refractivity contribution in [2.24, 2.45) is 5.92 Å². The van der Waals surface area contributed by atoms with E-state index in [-0.39, 0.29) is 17.7 Å². The van der Waals surface area contributed by atoms with Gasteiger partial charge in [0, 0.05) is 23.4 Å². The van der Waals surface area contributed by atoms with Gasteiger partial charge in [-0.15, -0.1) is 0 Å². The third-order valence-electron chi connectivity index (χ3n) is 7.92. The summed E-state index contributed by atoms with van der Waals surface area (Å²) in [6.45, 7) is 6.17. The van der Waals surface area contributed by atoms with E-state index in [1.807, 2.05) is 80.6 Å². The molecule has 3 aromatic carbocycles. The van der Waals surface area contributed by atoms with Gasteiger partial charge in [0.25, 0.3) is 11.8 Å². The third-order valence-corrected chi connectivity index (χ3v) is 7.92.